The van der Waals surface area contributed by atoms with E-state index >= 15 is 0 Å². The predicted octanol–water partition coefficient (Wildman–Crippen LogP) is 2.60. The van der Waals surface area contributed by atoms with Crippen molar-refractivity contribution in [3.05, 3.63) is 34.2 Å². The molecule has 1 N–H and O–H groups in total. The molecule has 0 saturated heterocycles. The molecule has 7 heteroatoms. The van der Waals surface area contributed by atoms with Crippen molar-refractivity contribution in [2.75, 3.05) is 0 Å². The number of rotatable bonds is 2. The molecule has 1 atom stereocenters. The van der Waals surface area contributed by atoms with Crippen LogP contribution >= 0.6 is 0 Å². The van der Waals surface area contributed by atoms with Crippen molar-refractivity contribution in [2.45, 2.75) is 30.5 Å². The van der Waals surface area contributed by atoms with Crippen molar-refractivity contribution < 1.29 is 26.7 Å². The van der Waals surface area contributed by atoms with Crippen molar-refractivity contribution in [1.82, 2.24) is 0 Å². The lowest BCUT2D eigenvalue weighted by Crippen LogP contribution is -2.08. The molecule has 1 aliphatic rings. The number of aliphatic hydroxyl groups excluding tert-OH is 1. The van der Waals surface area contributed by atoms with E-state index in [4.69, 9.17) is 0 Å². The van der Waals surface area contributed by atoms with Gasteiger partial charge < -0.3 is 5.11 Å². The van der Waals surface area contributed by atoms with Gasteiger partial charge in [-0.05, 0) is 36.8 Å². The molecule has 0 fully saturated rings. The van der Waals surface area contributed by atoms with E-state index < -0.39 is 27.7 Å². The molecule has 0 aliphatic carbocycles. The molecule has 1 aliphatic heterocycles. The van der Waals surface area contributed by atoms with E-state index in [1.165, 1.54) is 13.0 Å². The topological polar surface area (TPSA) is 54.4 Å². The highest BCUT2D eigenvalue weighted by atomic mass is 32.2. The summed E-state index contributed by atoms with van der Waals surface area (Å²) in [5, 5.41) is 9.22. The zero-order valence-corrected chi connectivity index (χ0v) is 10.7. The monoisotopic (exact) mass is 292 g/mol. The smallest absolute Gasteiger partial charge is 0.393 e. The first-order valence-electron chi connectivity index (χ1n) is 5.47. The summed E-state index contributed by atoms with van der Waals surface area (Å²) in [6.07, 6.45) is -4.32. The molecule has 0 spiro atoms. The number of aliphatic hydroxyl groups is 1. The van der Waals surface area contributed by atoms with Crippen LogP contribution in [0.25, 0.3) is 6.08 Å². The normalized spacial score (nSPS) is 18.9. The van der Waals surface area contributed by atoms with E-state index in [2.05, 4.69) is 0 Å². The van der Waals surface area contributed by atoms with Gasteiger partial charge in [0.05, 0.1) is 21.5 Å². The van der Waals surface area contributed by atoms with Gasteiger partial charge in [-0.1, -0.05) is 0 Å². The van der Waals surface area contributed by atoms with E-state index in [1.807, 2.05) is 0 Å². The first-order valence-corrected chi connectivity index (χ1v) is 6.95. The van der Waals surface area contributed by atoms with E-state index in [0.717, 1.165) is 18.2 Å². The van der Waals surface area contributed by atoms with Gasteiger partial charge in [0, 0.05) is 6.42 Å². The fourth-order valence-electron chi connectivity index (χ4n) is 1.93. The third-order valence-electron chi connectivity index (χ3n) is 2.78. The Hall–Kier alpha value is -1.34. The molecular formula is C12H11F3O3S. The molecule has 1 aromatic carbocycles. The fourth-order valence-corrected chi connectivity index (χ4v) is 3.63. The molecule has 1 unspecified atom stereocenters. The summed E-state index contributed by atoms with van der Waals surface area (Å²) in [4.78, 5) is -0.201. The summed E-state index contributed by atoms with van der Waals surface area (Å²) in [7, 11) is -3.77. The molecule has 0 radical (unpaired) electrons. The van der Waals surface area contributed by atoms with Gasteiger partial charge in [-0.15, -0.1) is 0 Å². The maximum atomic E-state index is 12.5. The molecule has 1 aromatic rings. The highest BCUT2D eigenvalue weighted by Crippen LogP contribution is 2.38. The minimum Gasteiger partial charge on any atom is -0.393 e. The maximum absolute atomic E-state index is 12.5. The Morgan fingerprint density at radius 2 is 1.95 bits per heavy atom. The zero-order valence-electron chi connectivity index (χ0n) is 9.90. The lowest BCUT2D eigenvalue weighted by molar-refractivity contribution is -0.137. The lowest BCUT2D eigenvalue weighted by atomic mass is 10.1. The molecule has 0 saturated carbocycles. The molecule has 0 aromatic heterocycles. The third-order valence-corrected chi connectivity index (χ3v) is 4.71. The van der Waals surface area contributed by atoms with Crippen LogP contribution in [0.5, 0.6) is 0 Å². The van der Waals surface area contributed by atoms with E-state index in [1.54, 1.807) is 0 Å². The largest absolute Gasteiger partial charge is 0.416 e. The Morgan fingerprint density at radius 1 is 1.32 bits per heavy atom. The van der Waals surface area contributed by atoms with Crippen LogP contribution in [-0.2, 0) is 16.0 Å². The average Bonchev–Trinajstić information content (AvgIpc) is 2.48. The average molecular weight is 292 g/mol. The first-order chi connectivity index (χ1) is 8.62. The van der Waals surface area contributed by atoms with E-state index in [0.29, 0.717) is 0 Å². The van der Waals surface area contributed by atoms with Crippen molar-refractivity contribution in [3.63, 3.8) is 0 Å². The summed E-state index contributed by atoms with van der Waals surface area (Å²) >= 11 is 0. The SMILES string of the molecule is CC(O)CC1=Cc2cc(C(F)(F)F)ccc2S1(=O)=O. The van der Waals surface area contributed by atoms with Gasteiger partial charge in [0.25, 0.3) is 0 Å². The van der Waals surface area contributed by atoms with E-state index in [-0.39, 0.29) is 21.8 Å². The number of sulfone groups is 1. The molecule has 3 nitrogen and oxygen atoms in total. The zero-order chi connectivity index (χ0) is 14.4. The van der Waals surface area contributed by atoms with Crippen LogP contribution in [-0.4, -0.2) is 19.6 Å². The van der Waals surface area contributed by atoms with Gasteiger partial charge in [0.1, 0.15) is 0 Å². The van der Waals surface area contributed by atoms with Gasteiger partial charge >= 0.3 is 6.18 Å². The summed E-state index contributed by atoms with van der Waals surface area (Å²) in [5.41, 5.74) is -0.874. The summed E-state index contributed by atoms with van der Waals surface area (Å²) in [6, 6.07) is 2.51. The summed E-state index contributed by atoms with van der Waals surface area (Å²) in [6.45, 7) is 1.42. The number of alkyl halides is 3. The van der Waals surface area contributed by atoms with Crippen LogP contribution in [0.1, 0.15) is 24.5 Å². The number of benzene rings is 1. The minimum absolute atomic E-state index is 0.0190. The Bertz CT molecular complexity index is 643. The maximum Gasteiger partial charge on any atom is 0.416 e. The van der Waals surface area contributed by atoms with Gasteiger partial charge in [-0.2, -0.15) is 13.2 Å². The molecule has 2 rings (SSSR count). The number of fused-ring (bicyclic) bond motifs is 1. The molecule has 0 bridgehead atoms. The first kappa shape index (κ1) is 14.1. The van der Waals surface area contributed by atoms with Crippen LogP contribution in [0.15, 0.2) is 28.0 Å². The predicted molar refractivity (Wildman–Crippen MR) is 62.9 cm³/mol. The fraction of sp³-hybridized carbons (Fsp3) is 0.333. The second-order valence-corrected chi connectivity index (χ2v) is 6.39. The number of hydrogen-bond acceptors (Lipinski definition) is 3. The van der Waals surface area contributed by atoms with Gasteiger partial charge in [0.15, 0.2) is 0 Å². The van der Waals surface area contributed by atoms with Crippen molar-refractivity contribution >= 4 is 15.9 Å². The highest BCUT2D eigenvalue weighted by Gasteiger charge is 2.35. The highest BCUT2D eigenvalue weighted by molar-refractivity contribution is 7.95. The molecular weight excluding hydrogens is 281 g/mol. The van der Waals surface area contributed by atoms with Crippen LogP contribution < -0.4 is 0 Å². The van der Waals surface area contributed by atoms with Crippen molar-refractivity contribution in [2.24, 2.45) is 0 Å². The van der Waals surface area contributed by atoms with Crippen LogP contribution in [0.4, 0.5) is 13.2 Å². The van der Waals surface area contributed by atoms with Crippen molar-refractivity contribution in [3.8, 4) is 0 Å². The second-order valence-electron chi connectivity index (χ2n) is 4.42. The van der Waals surface area contributed by atoms with Crippen LogP contribution in [0.2, 0.25) is 0 Å². The van der Waals surface area contributed by atoms with Crippen molar-refractivity contribution in [1.29, 1.82) is 0 Å². The van der Waals surface area contributed by atoms with Gasteiger partial charge in [-0.25, -0.2) is 8.42 Å². The molecule has 104 valence electrons. The van der Waals surface area contributed by atoms with Gasteiger partial charge in [-0.3, -0.25) is 0 Å². The lowest BCUT2D eigenvalue weighted by Gasteiger charge is -2.08. The van der Waals surface area contributed by atoms with Crippen LogP contribution in [0.3, 0.4) is 0 Å². The Labute approximate surface area is 108 Å². The standard InChI is InChI=1S/C12H11F3O3S/c1-7(16)4-10-6-8-5-9(12(13,14)15)2-3-11(8)19(10,17)18/h2-3,5-7,16H,4H2,1H3. The Balaban J connectivity index is 2.52. The minimum atomic E-state index is -4.51. The Kier molecular flexibility index (Phi) is 3.22. The molecule has 1 heterocycles. The quantitative estimate of drug-likeness (QED) is 0.911. The summed E-state index contributed by atoms with van der Waals surface area (Å²) in [5.74, 6) is 0. The molecule has 0 amide bonds. The number of halogens is 3. The second kappa shape index (κ2) is 4.35. The number of hydrogen-bond donors (Lipinski definition) is 1. The molecule has 19 heavy (non-hydrogen) atoms. The third kappa shape index (κ3) is 2.52. The summed E-state index contributed by atoms with van der Waals surface area (Å²) < 4.78 is 61.7. The van der Waals surface area contributed by atoms with Gasteiger partial charge in [0.2, 0.25) is 9.84 Å². The van der Waals surface area contributed by atoms with Crippen LogP contribution in [0, 0.1) is 0 Å². The van der Waals surface area contributed by atoms with E-state index in [9.17, 15) is 26.7 Å². The Morgan fingerprint density at radius 3 is 2.47 bits per heavy atom.